The van der Waals surface area contributed by atoms with Gasteiger partial charge in [-0.25, -0.2) is 4.98 Å². The van der Waals surface area contributed by atoms with Crippen LogP contribution in [0.1, 0.15) is 31.7 Å². The van der Waals surface area contributed by atoms with Gasteiger partial charge < -0.3 is 5.32 Å². The van der Waals surface area contributed by atoms with Crippen molar-refractivity contribution in [3.63, 3.8) is 0 Å². The summed E-state index contributed by atoms with van der Waals surface area (Å²) in [5.41, 5.74) is 3.56. The molecule has 0 aliphatic rings. The molecule has 0 saturated carbocycles. The SMILES string of the molecule is CCC(C)c1ccc(NC(=O)CSc2nnc(-c3cnccn3)n2-c2ccccc2)cc1. The van der Waals surface area contributed by atoms with E-state index in [4.69, 9.17) is 0 Å². The molecule has 4 rings (SSSR count). The average Bonchev–Trinajstić information content (AvgIpc) is 3.28. The number of amides is 1. The lowest BCUT2D eigenvalue weighted by atomic mass is 9.99. The van der Waals surface area contributed by atoms with Crippen molar-refractivity contribution in [1.29, 1.82) is 0 Å². The monoisotopic (exact) mass is 444 g/mol. The number of nitrogens with one attached hydrogen (secondary N) is 1. The first-order valence-corrected chi connectivity index (χ1v) is 11.4. The van der Waals surface area contributed by atoms with Crippen molar-refractivity contribution >= 4 is 23.4 Å². The van der Waals surface area contributed by atoms with Crippen LogP contribution >= 0.6 is 11.8 Å². The smallest absolute Gasteiger partial charge is 0.234 e. The van der Waals surface area contributed by atoms with Crippen LogP contribution < -0.4 is 5.32 Å². The number of rotatable bonds is 8. The third-order valence-corrected chi connectivity index (χ3v) is 6.08. The number of hydrogen-bond acceptors (Lipinski definition) is 6. The standard InChI is InChI=1S/C24H24N6OS/c1-3-17(2)18-9-11-19(12-10-18)27-22(31)16-32-24-29-28-23(21-15-25-13-14-26-21)30(24)20-7-5-4-6-8-20/h4-15,17H,3,16H2,1-2H3,(H,27,31). The third kappa shape index (κ3) is 5.03. The van der Waals surface area contributed by atoms with Crippen LogP contribution in [0.4, 0.5) is 5.69 Å². The molecule has 8 heteroatoms. The van der Waals surface area contributed by atoms with Gasteiger partial charge in [0.1, 0.15) is 5.69 Å². The van der Waals surface area contributed by atoms with Crippen molar-refractivity contribution in [1.82, 2.24) is 24.7 Å². The molecule has 1 unspecified atom stereocenters. The summed E-state index contributed by atoms with van der Waals surface area (Å²) in [6.07, 6.45) is 5.96. The minimum Gasteiger partial charge on any atom is -0.325 e. The maximum atomic E-state index is 12.6. The van der Waals surface area contributed by atoms with Gasteiger partial charge in [0.2, 0.25) is 5.91 Å². The summed E-state index contributed by atoms with van der Waals surface area (Å²) in [6, 6.07) is 17.8. The van der Waals surface area contributed by atoms with Crippen molar-refractivity contribution in [2.45, 2.75) is 31.3 Å². The number of benzene rings is 2. The first-order valence-electron chi connectivity index (χ1n) is 10.5. The van der Waals surface area contributed by atoms with Gasteiger partial charge in [0.25, 0.3) is 0 Å². The van der Waals surface area contributed by atoms with Crippen LogP contribution in [0, 0.1) is 0 Å². The van der Waals surface area contributed by atoms with Crippen molar-refractivity contribution in [3.05, 3.63) is 78.8 Å². The molecule has 0 saturated heterocycles. The van der Waals surface area contributed by atoms with E-state index in [0.29, 0.717) is 22.6 Å². The van der Waals surface area contributed by atoms with Gasteiger partial charge in [-0.3, -0.25) is 14.3 Å². The van der Waals surface area contributed by atoms with Crippen molar-refractivity contribution in [2.24, 2.45) is 0 Å². The van der Waals surface area contributed by atoms with Crippen LogP contribution in [-0.4, -0.2) is 36.4 Å². The van der Waals surface area contributed by atoms with Gasteiger partial charge in [0.05, 0.1) is 11.9 Å². The Balaban J connectivity index is 1.50. The van der Waals surface area contributed by atoms with E-state index in [9.17, 15) is 4.79 Å². The normalized spacial score (nSPS) is 11.8. The summed E-state index contributed by atoms with van der Waals surface area (Å²) in [5.74, 6) is 1.18. The largest absolute Gasteiger partial charge is 0.325 e. The van der Waals surface area contributed by atoms with E-state index >= 15 is 0 Å². The molecule has 0 bridgehead atoms. The fourth-order valence-corrected chi connectivity index (χ4v) is 3.96. The summed E-state index contributed by atoms with van der Waals surface area (Å²) >= 11 is 1.33. The maximum absolute atomic E-state index is 12.6. The number of aromatic nitrogens is 5. The van der Waals surface area contributed by atoms with E-state index in [1.165, 1.54) is 17.3 Å². The highest BCUT2D eigenvalue weighted by Crippen LogP contribution is 2.27. The molecule has 0 spiro atoms. The van der Waals surface area contributed by atoms with Gasteiger partial charge >= 0.3 is 0 Å². The van der Waals surface area contributed by atoms with Gasteiger partial charge in [-0.05, 0) is 42.2 Å². The Labute approximate surface area is 191 Å². The molecule has 0 radical (unpaired) electrons. The Hall–Kier alpha value is -3.52. The van der Waals surface area contributed by atoms with Crippen LogP contribution in [0.15, 0.2) is 78.3 Å². The zero-order valence-corrected chi connectivity index (χ0v) is 18.8. The Morgan fingerprint density at radius 2 is 1.84 bits per heavy atom. The fraction of sp³-hybridized carbons (Fsp3) is 0.208. The van der Waals surface area contributed by atoms with E-state index in [0.717, 1.165) is 17.8 Å². The zero-order valence-electron chi connectivity index (χ0n) is 18.0. The van der Waals surface area contributed by atoms with E-state index in [1.807, 2.05) is 47.0 Å². The summed E-state index contributed by atoms with van der Waals surface area (Å²) < 4.78 is 1.89. The number of nitrogens with zero attached hydrogens (tertiary/aromatic N) is 5. The fourth-order valence-electron chi connectivity index (χ4n) is 3.21. The Morgan fingerprint density at radius 1 is 1.06 bits per heavy atom. The van der Waals surface area contributed by atoms with Crippen LogP contribution in [-0.2, 0) is 4.79 Å². The molecule has 1 N–H and O–H groups in total. The van der Waals surface area contributed by atoms with Crippen LogP contribution in [0.2, 0.25) is 0 Å². The van der Waals surface area contributed by atoms with Crippen molar-refractivity contribution < 1.29 is 4.79 Å². The molecule has 0 aliphatic heterocycles. The van der Waals surface area contributed by atoms with Crippen LogP contribution in [0.5, 0.6) is 0 Å². The zero-order chi connectivity index (χ0) is 22.3. The highest BCUT2D eigenvalue weighted by atomic mass is 32.2. The second-order valence-electron chi connectivity index (χ2n) is 7.34. The quantitative estimate of drug-likeness (QED) is 0.386. The molecule has 0 fully saturated rings. The van der Waals surface area contributed by atoms with Gasteiger partial charge in [0, 0.05) is 23.8 Å². The highest BCUT2D eigenvalue weighted by molar-refractivity contribution is 7.99. The predicted molar refractivity (Wildman–Crippen MR) is 127 cm³/mol. The molecule has 4 aromatic rings. The summed E-state index contributed by atoms with van der Waals surface area (Å²) in [6.45, 7) is 4.37. The third-order valence-electron chi connectivity index (χ3n) is 5.15. The maximum Gasteiger partial charge on any atom is 0.234 e. The molecule has 162 valence electrons. The molecule has 2 aromatic carbocycles. The first kappa shape index (κ1) is 21.7. The summed E-state index contributed by atoms with van der Waals surface area (Å²) in [7, 11) is 0. The summed E-state index contributed by atoms with van der Waals surface area (Å²) in [5, 5.41) is 12.2. The van der Waals surface area contributed by atoms with E-state index in [1.54, 1.807) is 18.6 Å². The summed E-state index contributed by atoms with van der Waals surface area (Å²) in [4.78, 5) is 21.1. The Bertz CT molecular complexity index is 1160. The van der Waals surface area contributed by atoms with Crippen LogP contribution in [0.3, 0.4) is 0 Å². The molecule has 32 heavy (non-hydrogen) atoms. The number of para-hydroxylation sites is 1. The van der Waals surface area contributed by atoms with Crippen LogP contribution in [0.25, 0.3) is 17.2 Å². The molecular weight excluding hydrogens is 420 g/mol. The minimum absolute atomic E-state index is 0.102. The molecule has 7 nitrogen and oxygen atoms in total. The second kappa shape index (κ2) is 10.2. The molecule has 2 heterocycles. The molecule has 0 aliphatic carbocycles. The van der Waals surface area contributed by atoms with Gasteiger partial charge in [-0.15, -0.1) is 10.2 Å². The number of thioether (sulfide) groups is 1. The second-order valence-corrected chi connectivity index (χ2v) is 8.28. The number of carbonyl (C=O) groups is 1. The lowest BCUT2D eigenvalue weighted by Crippen LogP contribution is -2.14. The van der Waals surface area contributed by atoms with Crippen molar-refractivity contribution in [2.75, 3.05) is 11.1 Å². The van der Waals surface area contributed by atoms with E-state index in [-0.39, 0.29) is 11.7 Å². The van der Waals surface area contributed by atoms with E-state index in [2.05, 4.69) is 51.5 Å². The number of carbonyl (C=O) groups excluding carboxylic acids is 1. The lowest BCUT2D eigenvalue weighted by molar-refractivity contribution is -0.113. The first-order chi connectivity index (χ1) is 15.7. The molecule has 1 amide bonds. The van der Waals surface area contributed by atoms with Gasteiger partial charge in [0.15, 0.2) is 11.0 Å². The molecule has 1 atom stereocenters. The average molecular weight is 445 g/mol. The molecular formula is C24H24N6OS. The van der Waals surface area contributed by atoms with Gasteiger partial charge in [-0.2, -0.15) is 0 Å². The molecule has 2 aromatic heterocycles. The van der Waals surface area contributed by atoms with Gasteiger partial charge in [-0.1, -0.05) is 55.9 Å². The number of anilines is 1. The Kier molecular flexibility index (Phi) is 6.91. The number of hydrogen-bond donors (Lipinski definition) is 1. The predicted octanol–water partition coefficient (Wildman–Crippen LogP) is 4.97. The highest BCUT2D eigenvalue weighted by Gasteiger charge is 2.18. The Morgan fingerprint density at radius 3 is 2.53 bits per heavy atom. The lowest BCUT2D eigenvalue weighted by Gasteiger charge is -2.11. The van der Waals surface area contributed by atoms with E-state index < -0.39 is 0 Å². The minimum atomic E-state index is -0.102. The topological polar surface area (TPSA) is 85.6 Å². The van der Waals surface area contributed by atoms with Crippen molar-refractivity contribution in [3.8, 4) is 17.2 Å².